The molecule has 0 bridgehead atoms. The van der Waals surface area contributed by atoms with Crippen LogP contribution in [0.5, 0.6) is 0 Å². The third-order valence-corrected chi connectivity index (χ3v) is 3.76. The topological polar surface area (TPSA) is 95.8 Å². The van der Waals surface area contributed by atoms with E-state index in [0.717, 1.165) is 4.90 Å². The van der Waals surface area contributed by atoms with Crippen LogP contribution < -0.4 is 10.2 Å². The molecule has 0 unspecified atom stereocenters. The van der Waals surface area contributed by atoms with E-state index in [-0.39, 0.29) is 17.8 Å². The van der Waals surface area contributed by atoms with Gasteiger partial charge < -0.3 is 15.1 Å². The first-order valence-electron chi connectivity index (χ1n) is 7.95. The molecule has 0 aliphatic rings. The molecule has 8 nitrogen and oxygen atoms in total. The summed E-state index contributed by atoms with van der Waals surface area (Å²) >= 11 is 0. The van der Waals surface area contributed by atoms with Crippen LogP contribution in [0.1, 0.15) is 10.4 Å². The lowest BCUT2D eigenvalue weighted by Crippen LogP contribution is -2.35. The van der Waals surface area contributed by atoms with Crippen molar-refractivity contribution in [3.8, 4) is 0 Å². The van der Waals surface area contributed by atoms with Gasteiger partial charge in [-0.2, -0.15) is 0 Å². The highest BCUT2D eigenvalue weighted by atomic mass is 19.1. The first-order chi connectivity index (χ1) is 12.7. The number of nitro groups is 1. The number of hydrogen-bond donors (Lipinski definition) is 1. The van der Waals surface area contributed by atoms with Crippen LogP contribution in [-0.4, -0.2) is 49.3 Å². The largest absolute Gasteiger partial charge is 0.372 e. The predicted octanol–water partition coefficient (Wildman–Crippen LogP) is 2.51. The van der Waals surface area contributed by atoms with Crippen molar-refractivity contribution in [2.24, 2.45) is 0 Å². The highest BCUT2D eigenvalue weighted by molar-refractivity contribution is 6.00. The standard InChI is InChI=1S/C18H19FN4O4/c1-21(2)15-9-4-12(10-16(15)23(26)27)18(25)22(3)11-17(24)20-14-7-5-13(19)6-8-14/h4-10H,11H2,1-3H3,(H,20,24). The van der Waals surface area contributed by atoms with Gasteiger partial charge in [0.1, 0.15) is 11.5 Å². The van der Waals surface area contributed by atoms with Crippen LogP contribution in [0, 0.1) is 15.9 Å². The first-order valence-corrected chi connectivity index (χ1v) is 7.95. The molecule has 0 atom stereocenters. The quantitative estimate of drug-likeness (QED) is 0.619. The minimum atomic E-state index is -0.562. The fourth-order valence-corrected chi connectivity index (χ4v) is 2.42. The molecule has 0 aromatic heterocycles. The van der Waals surface area contributed by atoms with Crippen molar-refractivity contribution < 1.29 is 18.9 Å². The van der Waals surface area contributed by atoms with Crippen molar-refractivity contribution in [2.45, 2.75) is 0 Å². The lowest BCUT2D eigenvalue weighted by atomic mass is 10.1. The third kappa shape index (κ3) is 5.00. The van der Waals surface area contributed by atoms with Crippen LogP contribution in [0.4, 0.5) is 21.5 Å². The summed E-state index contributed by atoms with van der Waals surface area (Å²) in [5, 5.41) is 13.8. The van der Waals surface area contributed by atoms with Crippen LogP contribution in [0.15, 0.2) is 42.5 Å². The number of nitro benzene ring substituents is 1. The van der Waals surface area contributed by atoms with Crippen molar-refractivity contribution in [1.82, 2.24) is 4.90 Å². The van der Waals surface area contributed by atoms with Gasteiger partial charge >= 0.3 is 0 Å². The Bertz CT molecular complexity index is 868. The molecule has 9 heteroatoms. The number of rotatable bonds is 6. The van der Waals surface area contributed by atoms with E-state index in [1.165, 1.54) is 49.5 Å². The van der Waals surface area contributed by atoms with Gasteiger partial charge in [-0.1, -0.05) is 0 Å². The number of benzene rings is 2. The number of halogens is 1. The SMILES string of the molecule is CN(CC(=O)Nc1ccc(F)cc1)C(=O)c1ccc(N(C)C)c([N+](=O)[O-])c1. The van der Waals surface area contributed by atoms with Gasteiger partial charge in [0, 0.05) is 38.5 Å². The summed E-state index contributed by atoms with van der Waals surface area (Å²) in [6, 6.07) is 9.35. The number of amides is 2. The van der Waals surface area contributed by atoms with Crippen LogP contribution in [0.3, 0.4) is 0 Å². The molecule has 142 valence electrons. The van der Waals surface area contributed by atoms with E-state index in [4.69, 9.17) is 0 Å². The molecule has 2 aromatic carbocycles. The summed E-state index contributed by atoms with van der Waals surface area (Å²) in [6.07, 6.45) is 0. The Morgan fingerprint density at radius 3 is 2.30 bits per heavy atom. The number of carbonyl (C=O) groups is 2. The molecule has 0 saturated heterocycles. The lowest BCUT2D eigenvalue weighted by Gasteiger charge is -2.18. The van der Waals surface area contributed by atoms with Gasteiger partial charge in [-0.25, -0.2) is 4.39 Å². The minimum absolute atomic E-state index is 0.101. The first kappa shape index (κ1) is 19.8. The van der Waals surface area contributed by atoms with E-state index >= 15 is 0 Å². The van der Waals surface area contributed by atoms with Gasteiger partial charge in [0.25, 0.3) is 11.6 Å². The molecular weight excluding hydrogens is 355 g/mol. The maximum absolute atomic E-state index is 12.9. The molecule has 0 saturated carbocycles. The second-order valence-electron chi connectivity index (χ2n) is 6.07. The average molecular weight is 374 g/mol. The maximum atomic E-state index is 12.9. The summed E-state index contributed by atoms with van der Waals surface area (Å²) in [6.45, 7) is -0.264. The summed E-state index contributed by atoms with van der Waals surface area (Å²) in [7, 11) is 4.74. The lowest BCUT2D eigenvalue weighted by molar-refractivity contribution is -0.384. The van der Waals surface area contributed by atoms with Gasteiger partial charge in [-0.15, -0.1) is 0 Å². The highest BCUT2D eigenvalue weighted by Crippen LogP contribution is 2.28. The van der Waals surface area contributed by atoms with Crippen LogP contribution in [0.25, 0.3) is 0 Å². The molecule has 2 amide bonds. The Morgan fingerprint density at radius 1 is 1.11 bits per heavy atom. The van der Waals surface area contributed by atoms with E-state index in [0.29, 0.717) is 11.4 Å². The molecular formula is C18H19FN4O4. The van der Waals surface area contributed by atoms with Gasteiger partial charge in [-0.3, -0.25) is 19.7 Å². The normalized spacial score (nSPS) is 10.2. The molecule has 0 spiro atoms. The Hall–Kier alpha value is -3.49. The number of hydrogen-bond acceptors (Lipinski definition) is 5. The Balaban J connectivity index is 2.10. The number of nitrogens with one attached hydrogen (secondary N) is 1. The minimum Gasteiger partial charge on any atom is -0.372 e. The van der Waals surface area contributed by atoms with Crippen LogP contribution >= 0.6 is 0 Å². The van der Waals surface area contributed by atoms with Crippen molar-refractivity contribution in [3.63, 3.8) is 0 Å². The molecule has 2 rings (SSSR count). The zero-order valence-corrected chi connectivity index (χ0v) is 15.1. The van der Waals surface area contributed by atoms with E-state index < -0.39 is 22.6 Å². The van der Waals surface area contributed by atoms with E-state index in [1.54, 1.807) is 19.0 Å². The Morgan fingerprint density at radius 2 is 1.74 bits per heavy atom. The molecule has 27 heavy (non-hydrogen) atoms. The molecule has 0 heterocycles. The monoisotopic (exact) mass is 374 g/mol. The second-order valence-corrected chi connectivity index (χ2v) is 6.07. The summed E-state index contributed by atoms with van der Waals surface area (Å²) < 4.78 is 12.9. The van der Waals surface area contributed by atoms with E-state index in [2.05, 4.69) is 5.32 Å². The van der Waals surface area contributed by atoms with Crippen LogP contribution in [0.2, 0.25) is 0 Å². The van der Waals surface area contributed by atoms with Crippen molar-refractivity contribution in [1.29, 1.82) is 0 Å². The predicted molar refractivity (Wildman–Crippen MR) is 99.4 cm³/mol. The van der Waals surface area contributed by atoms with E-state index in [9.17, 15) is 24.1 Å². The number of carbonyl (C=O) groups excluding carboxylic acids is 2. The van der Waals surface area contributed by atoms with Gasteiger partial charge in [-0.05, 0) is 36.4 Å². The molecule has 0 fully saturated rings. The van der Waals surface area contributed by atoms with Gasteiger partial charge in [0.05, 0.1) is 11.5 Å². The van der Waals surface area contributed by atoms with Crippen molar-refractivity contribution in [2.75, 3.05) is 37.9 Å². The van der Waals surface area contributed by atoms with Crippen LogP contribution in [-0.2, 0) is 4.79 Å². The second kappa shape index (κ2) is 8.26. The molecule has 0 aliphatic carbocycles. The smallest absolute Gasteiger partial charge is 0.293 e. The summed E-state index contributed by atoms with van der Waals surface area (Å²) in [4.78, 5) is 37.9. The Kier molecular flexibility index (Phi) is 6.07. The number of nitrogens with zero attached hydrogens (tertiary/aromatic N) is 3. The van der Waals surface area contributed by atoms with E-state index in [1.807, 2.05) is 0 Å². The zero-order chi connectivity index (χ0) is 20.1. The van der Waals surface area contributed by atoms with Gasteiger partial charge in [0.15, 0.2) is 0 Å². The summed E-state index contributed by atoms with van der Waals surface area (Å²) in [5.74, 6) is -1.43. The Labute approximate surface area is 155 Å². The van der Waals surface area contributed by atoms with Gasteiger partial charge in [0.2, 0.25) is 5.91 Å². The van der Waals surface area contributed by atoms with Crippen molar-refractivity contribution >= 4 is 28.9 Å². The average Bonchev–Trinajstić information content (AvgIpc) is 2.62. The maximum Gasteiger partial charge on any atom is 0.293 e. The number of likely N-dealkylation sites (N-methyl/N-ethyl adjacent to an activating group) is 1. The molecule has 1 N–H and O–H groups in total. The third-order valence-electron chi connectivity index (χ3n) is 3.76. The molecule has 0 aliphatic heterocycles. The highest BCUT2D eigenvalue weighted by Gasteiger charge is 2.21. The van der Waals surface area contributed by atoms with Crippen molar-refractivity contribution in [3.05, 3.63) is 64.0 Å². The molecule has 0 radical (unpaired) electrons. The molecule has 2 aromatic rings. The zero-order valence-electron chi connectivity index (χ0n) is 15.1. The summed E-state index contributed by atoms with van der Waals surface area (Å²) in [5.41, 5.74) is 0.667. The fraction of sp³-hybridized carbons (Fsp3) is 0.222. The number of anilines is 2. The fourth-order valence-electron chi connectivity index (χ4n) is 2.42.